The van der Waals surface area contributed by atoms with Crippen LogP contribution in [0.5, 0.6) is 0 Å². The molecule has 3 heteroatoms. The maximum absolute atomic E-state index is 10.5. The molecule has 0 spiro atoms. The van der Waals surface area contributed by atoms with Gasteiger partial charge in [0.05, 0.1) is 17.0 Å². The van der Waals surface area contributed by atoms with Crippen LogP contribution < -0.4 is 0 Å². The predicted octanol–water partition coefficient (Wildman–Crippen LogP) is 4.48. The van der Waals surface area contributed by atoms with Crippen LogP contribution in [0.4, 0.5) is 0 Å². The zero-order valence-electron chi connectivity index (χ0n) is 12.4. The number of rotatable bonds is 4. The minimum Gasteiger partial charge on any atom is -0.389 e. The van der Waals surface area contributed by atoms with Gasteiger partial charge in [-0.1, -0.05) is 31.4 Å². The fraction of sp³-hybridized carbons (Fsp3) is 0.875. The minimum absolute atomic E-state index is 0.185. The summed E-state index contributed by atoms with van der Waals surface area (Å²) in [6.45, 7) is 8.15. The lowest BCUT2D eigenvalue weighted by Gasteiger charge is -2.40. The van der Waals surface area contributed by atoms with Crippen molar-refractivity contribution in [3.8, 4) is 0 Å². The topological polar surface area (TPSA) is 29.5 Å². The molecule has 3 unspecified atom stereocenters. The molecule has 0 aromatic carbocycles. The third-order valence-electron chi connectivity index (χ3n) is 4.75. The van der Waals surface area contributed by atoms with Gasteiger partial charge in [-0.05, 0) is 63.9 Å². The van der Waals surface area contributed by atoms with Crippen molar-refractivity contribution >= 4 is 12.0 Å². The van der Waals surface area contributed by atoms with E-state index in [1.807, 2.05) is 6.92 Å². The van der Waals surface area contributed by atoms with E-state index in [4.69, 9.17) is 4.18 Å². The van der Waals surface area contributed by atoms with Gasteiger partial charge in [-0.25, -0.2) is 0 Å². The molecule has 2 fully saturated rings. The Morgan fingerprint density at radius 3 is 2.58 bits per heavy atom. The minimum atomic E-state index is -0.592. The first kappa shape index (κ1) is 15.4. The molecule has 0 amide bonds. The smallest absolute Gasteiger partial charge is 0.0760 e. The van der Waals surface area contributed by atoms with Crippen molar-refractivity contribution in [2.24, 2.45) is 5.92 Å². The van der Waals surface area contributed by atoms with E-state index in [1.54, 1.807) is 12.0 Å². The zero-order chi connectivity index (χ0) is 13.9. The van der Waals surface area contributed by atoms with Gasteiger partial charge < -0.3 is 9.29 Å². The Labute approximate surface area is 122 Å². The number of hydrogen-bond acceptors (Lipinski definition) is 3. The molecule has 3 atom stereocenters. The van der Waals surface area contributed by atoms with Crippen molar-refractivity contribution in [2.75, 3.05) is 0 Å². The van der Waals surface area contributed by atoms with Crippen LogP contribution in [0.25, 0.3) is 0 Å². The van der Waals surface area contributed by atoms with Gasteiger partial charge in [-0.3, -0.25) is 0 Å². The van der Waals surface area contributed by atoms with Crippen molar-refractivity contribution in [2.45, 2.75) is 82.2 Å². The summed E-state index contributed by atoms with van der Waals surface area (Å²) in [6.07, 6.45) is 9.63. The molecule has 0 heterocycles. The van der Waals surface area contributed by atoms with Crippen LogP contribution >= 0.6 is 12.0 Å². The highest BCUT2D eigenvalue weighted by molar-refractivity contribution is 7.95. The quantitative estimate of drug-likeness (QED) is 0.609. The molecule has 2 aliphatic rings. The molecule has 2 rings (SSSR count). The second-order valence-corrected chi connectivity index (χ2v) is 7.57. The van der Waals surface area contributed by atoms with Gasteiger partial charge in [0.15, 0.2) is 0 Å². The number of aliphatic hydroxyl groups is 1. The Kier molecular flexibility index (Phi) is 5.38. The van der Waals surface area contributed by atoms with Gasteiger partial charge >= 0.3 is 0 Å². The molecule has 0 aromatic rings. The Morgan fingerprint density at radius 1 is 1.26 bits per heavy atom. The summed E-state index contributed by atoms with van der Waals surface area (Å²) in [5.74, 6) is 0.549. The fourth-order valence-corrected chi connectivity index (χ4v) is 4.27. The Morgan fingerprint density at radius 2 is 1.95 bits per heavy atom. The molecule has 110 valence electrons. The van der Waals surface area contributed by atoms with E-state index in [-0.39, 0.29) is 5.25 Å². The normalized spacial score (nSPS) is 37.2. The Hall–Kier alpha value is 0.01000. The molecule has 0 saturated heterocycles. The fourth-order valence-electron chi connectivity index (χ4n) is 3.16. The molecule has 0 bridgehead atoms. The van der Waals surface area contributed by atoms with Crippen LogP contribution in [0.1, 0.15) is 65.2 Å². The lowest BCUT2D eigenvalue weighted by Crippen LogP contribution is -2.43. The summed E-state index contributed by atoms with van der Waals surface area (Å²) in [5.41, 5.74) is 0.657. The molecular weight excluding hydrogens is 256 g/mol. The van der Waals surface area contributed by atoms with Crippen LogP contribution in [0.15, 0.2) is 12.2 Å². The van der Waals surface area contributed by atoms with Crippen molar-refractivity contribution in [3.63, 3.8) is 0 Å². The van der Waals surface area contributed by atoms with Crippen molar-refractivity contribution in [3.05, 3.63) is 12.2 Å². The summed E-state index contributed by atoms with van der Waals surface area (Å²) in [5, 5.41) is 10.7. The molecule has 2 saturated carbocycles. The predicted molar refractivity (Wildman–Crippen MR) is 82.1 cm³/mol. The van der Waals surface area contributed by atoms with E-state index in [2.05, 4.69) is 13.5 Å². The van der Waals surface area contributed by atoms with E-state index >= 15 is 0 Å². The largest absolute Gasteiger partial charge is 0.389 e. The molecule has 0 radical (unpaired) electrons. The van der Waals surface area contributed by atoms with Crippen molar-refractivity contribution in [1.29, 1.82) is 0 Å². The molecule has 2 aliphatic carbocycles. The van der Waals surface area contributed by atoms with Gasteiger partial charge in [0.2, 0.25) is 0 Å². The Balaban J connectivity index is 1.86. The van der Waals surface area contributed by atoms with E-state index in [0.717, 1.165) is 19.3 Å². The summed E-state index contributed by atoms with van der Waals surface area (Å²) in [4.78, 5) is 0. The van der Waals surface area contributed by atoms with Gasteiger partial charge in [0.25, 0.3) is 0 Å². The second-order valence-electron chi connectivity index (χ2n) is 6.62. The van der Waals surface area contributed by atoms with E-state index in [1.165, 1.54) is 37.7 Å². The highest BCUT2D eigenvalue weighted by Crippen LogP contribution is 2.42. The third-order valence-corrected chi connectivity index (χ3v) is 6.06. The summed E-state index contributed by atoms with van der Waals surface area (Å²) in [7, 11) is 0. The molecule has 0 aromatic heterocycles. The summed E-state index contributed by atoms with van der Waals surface area (Å²) in [6, 6.07) is 0. The molecule has 0 aliphatic heterocycles. The average Bonchev–Trinajstić information content (AvgIpc) is 2.38. The van der Waals surface area contributed by atoms with E-state index in [0.29, 0.717) is 12.0 Å². The van der Waals surface area contributed by atoms with Gasteiger partial charge in [0, 0.05) is 0 Å². The monoisotopic (exact) mass is 284 g/mol. The standard InChI is InChI=1S/C16H28O2S/c1-12(2)13-9-10-16(3,17)15(11-13)19-18-14-7-5-4-6-8-14/h13-15,17H,1,4-11H2,2-3H3. The lowest BCUT2D eigenvalue weighted by molar-refractivity contribution is 0.0162. The molecular formula is C16H28O2S. The number of allylic oxidation sites excluding steroid dienone is 1. The zero-order valence-corrected chi connectivity index (χ0v) is 13.2. The first-order chi connectivity index (χ1) is 8.99. The molecule has 19 heavy (non-hydrogen) atoms. The highest BCUT2D eigenvalue weighted by atomic mass is 32.2. The first-order valence-corrected chi connectivity index (χ1v) is 8.49. The number of hydrogen-bond donors (Lipinski definition) is 1. The first-order valence-electron chi connectivity index (χ1n) is 7.69. The summed E-state index contributed by atoms with van der Waals surface area (Å²) >= 11 is 1.54. The van der Waals surface area contributed by atoms with Crippen LogP contribution in [0, 0.1) is 5.92 Å². The lowest BCUT2D eigenvalue weighted by atomic mass is 9.77. The van der Waals surface area contributed by atoms with Crippen LogP contribution in [0.2, 0.25) is 0 Å². The van der Waals surface area contributed by atoms with Gasteiger partial charge in [-0.15, -0.1) is 0 Å². The third kappa shape index (κ3) is 4.24. The van der Waals surface area contributed by atoms with E-state index < -0.39 is 5.60 Å². The Bertz CT molecular complexity index is 308. The van der Waals surface area contributed by atoms with Gasteiger partial charge in [-0.2, -0.15) is 0 Å². The maximum Gasteiger partial charge on any atom is 0.0760 e. The highest BCUT2D eigenvalue weighted by Gasteiger charge is 2.40. The van der Waals surface area contributed by atoms with Crippen LogP contribution in [-0.4, -0.2) is 22.1 Å². The van der Waals surface area contributed by atoms with Crippen LogP contribution in [-0.2, 0) is 4.18 Å². The second kappa shape index (κ2) is 6.64. The van der Waals surface area contributed by atoms with Crippen molar-refractivity contribution < 1.29 is 9.29 Å². The van der Waals surface area contributed by atoms with Crippen molar-refractivity contribution in [1.82, 2.24) is 0 Å². The SMILES string of the molecule is C=C(C)C1CCC(C)(O)C(SOC2CCCCC2)C1. The summed E-state index contributed by atoms with van der Waals surface area (Å²) < 4.78 is 6.01. The molecule has 1 N–H and O–H groups in total. The maximum atomic E-state index is 10.5. The molecule has 2 nitrogen and oxygen atoms in total. The van der Waals surface area contributed by atoms with Gasteiger partial charge in [0.1, 0.15) is 0 Å². The van der Waals surface area contributed by atoms with Crippen LogP contribution in [0.3, 0.4) is 0 Å². The average molecular weight is 284 g/mol. The van der Waals surface area contributed by atoms with E-state index in [9.17, 15) is 5.11 Å².